The van der Waals surface area contributed by atoms with Crippen LogP contribution in [0.1, 0.15) is 22.6 Å². The molecule has 9 aromatic carbocycles. The van der Waals surface area contributed by atoms with E-state index in [-0.39, 0.29) is 5.92 Å². The lowest BCUT2D eigenvalue weighted by molar-refractivity contribution is 0.806. The molecule has 0 aliphatic heterocycles. The van der Waals surface area contributed by atoms with E-state index in [0.29, 0.717) is 0 Å². The van der Waals surface area contributed by atoms with E-state index in [0.717, 1.165) is 23.5 Å². The molecule has 0 aliphatic carbocycles. The first-order chi connectivity index (χ1) is 28.3. The summed E-state index contributed by atoms with van der Waals surface area (Å²) in [6.07, 6.45) is 0.881. The SMILES string of the molecule is c1ccc(-c2ccc(C(Cc3ccccc3-c3cccc(-c4ccccc4N(c4ccccc4)c4ccc(-c5ccccc5)cc4)c3)c3ccccc3)cc2)cc1. The molecule has 0 bridgehead atoms. The summed E-state index contributed by atoms with van der Waals surface area (Å²) in [5.74, 6) is 0.203. The highest BCUT2D eigenvalue weighted by atomic mass is 15.1. The zero-order valence-electron chi connectivity index (χ0n) is 31.8. The highest BCUT2D eigenvalue weighted by Gasteiger charge is 2.20. The second kappa shape index (κ2) is 16.7. The van der Waals surface area contributed by atoms with Gasteiger partial charge in [0.25, 0.3) is 0 Å². The van der Waals surface area contributed by atoms with Crippen LogP contribution in [0.2, 0.25) is 0 Å². The van der Waals surface area contributed by atoms with E-state index in [2.05, 4.69) is 248 Å². The van der Waals surface area contributed by atoms with E-state index in [1.54, 1.807) is 0 Å². The molecule has 0 N–H and O–H groups in total. The van der Waals surface area contributed by atoms with Gasteiger partial charge in [-0.3, -0.25) is 0 Å². The Bertz CT molecular complexity index is 2670. The van der Waals surface area contributed by atoms with Gasteiger partial charge in [0.15, 0.2) is 0 Å². The highest BCUT2D eigenvalue weighted by Crippen LogP contribution is 2.42. The van der Waals surface area contributed by atoms with E-state index in [1.165, 1.54) is 61.2 Å². The van der Waals surface area contributed by atoms with E-state index in [1.807, 2.05) is 0 Å². The van der Waals surface area contributed by atoms with Crippen molar-refractivity contribution >= 4 is 17.1 Å². The fraction of sp³-hybridized carbons (Fsp3) is 0.0357. The summed E-state index contributed by atoms with van der Waals surface area (Å²) in [4.78, 5) is 2.37. The average molecular weight is 730 g/mol. The molecule has 9 aromatic rings. The monoisotopic (exact) mass is 729 g/mol. The van der Waals surface area contributed by atoms with Crippen molar-refractivity contribution in [3.8, 4) is 44.5 Å². The van der Waals surface area contributed by atoms with E-state index in [4.69, 9.17) is 0 Å². The Kier molecular flexibility index (Phi) is 10.4. The third kappa shape index (κ3) is 7.83. The lowest BCUT2D eigenvalue weighted by Crippen LogP contribution is -2.11. The van der Waals surface area contributed by atoms with E-state index < -0.39 is 0 Å². The van der Waals surface area contributed by atoms with Gasteiger partial charge in [0.05, 0.1) is 5.69 Å². The van der Waals surface area contributed by atoms with Gasteiger partial charge in [-0.2, -0.15) is 0 Å². The van der Waals surface area contributed by atoms with E-state index in [9.17, 15) is 0 Å². The van der Waals surface area contributed by atoms with Crippen LogP contribution in [0.3, 0.4) is 0 Å². The largest absolute Gasteiger partial charge is 0.310 e. The molecule has 0 amide bonds. The third-order valence-electron chi connectivity index (χ3n) is 10.9. The molecule has 1 unspecified atom stereocenters. The van der Waals surface area contributed by atoms with Crippen LogP contribution in [-0.4, -0.2) is 0 Å². The Balaban J connectivity index is 1.08. The number of rotatable bonds is 11. The summed E-state index contributed by atoms with van der Waals surface area (Å²) in [6.45, 7) is 0. The highest BCUT2D eigenvalue weighted by molar-refractivity contribution is 5.89. The molecule has 1 nitrogen and oxygen atoms in total. The van der Waals surface area contributed by atoms with Crippen LogP contribution in [0.25, 0.3) is 44.5 Å². The van der Waals surface area contributed by atoms with Gasteiger partial charge in [-0.25, -0.2) is 0 Å². The van der Waals surface area contributed by atoms with Crippen LogP contribution in [0.15, 0.2) is 243 Å². The fourth-order valence-electron chi connectivity index (χ4n) is 8.06. The molecule has 0 radical (unpaired) electrons. The molecule has 0 saturated heterocycles. The molecule has 1 heteroatoms. The summed E-state index contributed by atoms with van der Waals surface area (Å²) >= 11 is 0. The third-order valence-corrected chi connectivity index (χ3v) is 10.9. The molecule has 0 spiro atoms. The summed E-state index contributed by atoms with van der Waals surface area (Å²) in [5.41, 5.74) is 17.0. The number of hydrogen-bond donors (Lipinski definition) is 0. The Labute approximate surface area is 336 Å². The maximum absolute atomic E-state index is 2.37. The quantitative estimate of drug-likeness (QED) is 0.128. The maximum atomic E-state index is 2.37. The van der Waals surface area contributed by atoms with Gasteiger partial charge < -0.3 is 4.90 Å². The lowest BCUT2D eigenvalue weighted by Gasteiger charge is -2.28. The number of para-hydroxylation sites is 2. The molecule has 0 aromatic heterocycles. The van der Waals surface area contributed by atoms with Gasteiger partial charge in [-0.15, -0.1) is 0 Å². The zero-order valence-corrected chi connectivity index (χ0v) is 31.8. The number of benzene rings is 9. The van der Waals surface area contributed by atoms with Crippen LogP contribution < -0.4 is 4.90 Å². The predicted octanol–water partition coefficient (Wildman–Crippen LogP) is 15.2. The number of nitrogens with zero attached hydrogens (tertiary/aromatic N) is 1. The summed E-state index contributed by atoms with van der Waals surface area (Å²) < 4.78 is 0. The van der Waals surface area contributed by atoms with Crippen LogP contribution in [0.4, 0.5) is 17.1 Å². The predicted molar refractivity (Wildman–Crippen MR) is 241 cm³/mol. The first-order valence-electron chi connectivity index (χ1n) is 19.8. The summed E-state index contributed by atoms with van der Waals surface area (Å²) in [6, 6.07) is 87.7. The molecular weight excluding hydrogens is 687 g/mol. The van der Waals surface area contributed by atoms with Crippen molar-refractivity contribution in [2.45, 2.75) is 12.3 Å². The lowest BCUT2D eigenvalue weighted by atomic mass is 9.83. The summed E-state index contributed by atoms with van der Waals surface area (Å²) in [5, 5.41) is 0. The standard InChI is InChI=1S/C56H43N/c1-5-18-42(19-6-1)44-32-34-47(35-33-44)55(46-22-9-3-10-23-46)41-50-24-13-14-29-53(50)48-25-17-26-49(40-48)54-30-15-16-31-56(54)57(51-27-11-4-12-28-51)52-38-36-45(37-39-52)43-20-7-2-8-21-43/h1-40,55H,41H2. The Morgan fingerprint density at radius 3 is 1.35 bits per heavy atom. The minimum atomic E-state index is 0.203. The van der Waals surface area contributed by atoms with Crippen LogP contribution in [0.5, 0.6) is 0 Å². The summed E-state index contributed by atoms with van der Waals surface area (Å²) in [7, 11) is 0. The van der Waals surface area contributed by atoms with Crippen molar-refractivity contribution < 1.29 is 0 Å². The second-order valence-corrected chi connectivity index (χ2v) is 14.5. The first kappa shape index (κ1) is 35.5. The Hall–Kier alpha value is -7.22. The Morgan fingerprint density at radius 1 is 0.298 bits per heavy atom. The Morgan fingerprint density at radius 2 is 0.719 bits per heavy atom. The molecule has 57 heavy (non-hydrogen) atoms. The molecular formula is C56H43N. The van der Waals surface area contributed by atoms with Crippen LogP contribution in [-0.2, 0) is 6.42 Å². The fourth-order valence-corrected chi connectivity index (χ4v) is 8.06. The van der Waals surface area contributed by atoms with Crippen molar-refractivity contribution in [2.75, 3.05) is 4.90 Å². The number of anilines is 3. The van der Waals surface area contributed by atoms with Crippen molar-refractivity contribution in [1.29, 1.82) is 0 Å². The molecule has 0 aliphatic rings. The first-order valence-corrected chi connectivity index (χ1v) is 19.8. The van der Waals surface area contributed by atoms with Gasteiger partial charge in [0, 0.05) is 22.9 Å². The van der Waals surface area contributed by atoms with Gasteiger partial charge in [0.1, 0.15) is 0 Å². The minimum absolute atomic E-state index is 0.203. The molecule has 0 heterocycles. The van der Waals surface area contributed by atoms with Gasteiger partial charge in [-0.05, 0) is 98.5 Å². The van der Waals surface area contributed by atoms with Gasteiger partial charge >= 0.3 is 0 Å². The van der Waals surface area contributed by atoms with Crippen molar-refractivity contribution in [2.24, 2.45) is 0 Å². The van der Waals surface area contributed by atoms with Crippen LogP contribution in [0, 0.1) is 0 Å². The van der Waals surface area contributed by atoms with Crippen LogP contribution >= 0.6 is 0 Å². The zero-order chi connectivity index (χ0) is 38.2. The smallest absolute Gasteiger partial charge is 0.0540 e. The molecule has 0 saturated carbocycles. The molecule has 272 valence electrons. The van der Waals surface area contributed by atoms with Crippen molar-refractivity contribution in [1.82, 2.24) is 0 Å². The molecule has 9 rings (SSSR count). The topological polar surface area (TPSA) is 3.24 Å². The maximum Gasteiger partial charge on any atom is 0.0540 e. The molecule has 1 atom stereocenters. The van der Waals surface area contributed by atoms with Crippen molar-refractivity contribution in [3.63, 3.8) is 0 Å². The van der Waals surface area contributed by atoms with Crippen molar-refractivity contribution in [3.05, 3.63) is 259 Å². The normalized spacial score (nSPS) is 11.5. The second-order valence-electron chi connectivity index (χ2n) is 14.5. The number of hydrogen-bond acceptors (Lipinski definition) is 1. The average Bonchev–Trinajstić information content (AvgIpc) is 3.30. The van der Waals surface area contributed by atoms with Gasteiger partial charge in [0.2, 0.25) is 0 Å². The minimum Gasteiger partial charge on any atom is -0.310 e. The van der Waals surface area contributed by atoms with Gasteiger partial charge in [-0.1, -0.05) is 206 Å². The van der Waals surface area contributed by atoms with E-state index >= 15 is 0 Å². The molecule has 0 fully saturated rings.